The lowest BCUT2D eigenvalue weighted by Gasteiger charge is -2.37. The Bertz CT molecular complexity index is 1290. The molecule has 3 aliphatic heterocycles. The Morgan fingerprint density at radius 3 is 2.56 bits per heavy atom. The van der Waals surface area contributed by atoms with Gasteiger partial charge in [-0.05, 0) is 49.8 Å². The normalized spacial score (nSPS) is 30.3. The second-order valence-electron chi connectivity index (χ2n) is 11.1. The summed E-state index contributed by atoms with van der Waals surface area (Å²) in [6.07, 6.45) is 10.4. The van der Waals surface area contributed by atoms with Crippen LogP contribution in [0.25, 0.3) is 0 Å². The van der Waals surface area contributed by atoms with Gasteiger partial charge in [-0.1, -0.05) is 67.8 Å². The molecule has 6 rings (SSSR count). The Labute approximate surface area is 233 Å². The first-order chi connectivity index (χ1) is 18.9. The van der Waals surface area contributed by atoms with Crippen LogP contribution in [-0.4, -0.2) is 52.7 Å². The number of hydrogen-bond acceptors (Lipinski definition) is 5. The number of nitrogens with one attached hydrogen (secondary N) is 2. The maximum absolute atomic E-state index is 14.3. The van der Waals surface area contributed by atoms with E-state index in [0.29, 0.717) is 5.69 Å². The Balaban J connectivity index is 1.34. The highest BCUT2D eigenvalue weighted by molar-refractivity contribution is 7.98. The highest BCUT2D eigenvalue weighted by atomic mass is 32.2. The molecule has 1 spiro atoms. The minimum absolute atomic E-state index is 0.0936. The fourth-order valence-corrected chi connectivity index (χ4v) is 7.43. The third kappa shape index (κ3) is 4.47. The molecule has 2 aromatic carbocycles. The average Bonchev–Trinajstić information content (AvgIpc) is 3.61. The molecule has 2 bridgehead atoms. The zero-order valence-corrected chi connectivity index (χ0v) is 23.2. The monoisotopic (exact) mass is 545 g/mol. The molecule has 6 atom stereocenters. The highest BCUT2D eigenvalue weighted by Gasteiger charge is 2.73. The smallest absolute Gasteiger partial charge is 0.246 e. The molecule has 3 heterocycles. The number of amides is 3. The van der Waals surface area contributed by atoms with Crippen LogP contribution < -0.4 is 10.6 Å². The van der Waals surface area contributed by atoms with E-state index in [4.69, 9.17) is 4.74 Å². The molecule has 204 valence electrons. The number of fused-ring (bicyclic) bond motifs is 1. The lowest BCUT2D eigenvalue weighted by molar-refractivity contribution is -0.143. The first-order valence-corrected chi connectivity index (χ1v) is 15.1. The van der Waals surface area contributed by atoms with Crippen LogP contribution in [0.5, 0.6) is 0 Å². The van der Waals surface area contributed by atoms with Gasteiger partial charge < -0.3 is 20.3 Å². The zero-order chi connectivity index (χ0) is 27.1. The van der Waals surface area contributed by atoms with Gasteiger partial charge in [-0.15, -0.1) is 11.8 Å². The molecule has 8 heteroatoms. The summed E-state index contributed by atoms with van der Waals surface area (Å²) in [4.78, 5) is 44.8. The van der Waals surface area contributed by atoms with Crippen molar-refractivity contribution in [1.29, 1.82) is 0 Å². The van der Waals surface area contributed by atoms with Crippen LogP contribution >= 0.6 is 11.8 Å². The van der Waals surface area contributed by atoms with Gasteiger partial charge in [-0.2, -0.15) is 0 Å². The van der Waals surface area contributed by atoms with E-state index in [1.54, 1.807) is 16.7 Å². The van der Waals surface area contributed by atoms with E-state index in [9.17, 15) is 14.4 Å². The Morgan fingerprint density at radius 2 is 1.82 bits per heavy atom. The molecule has 4 unspecified atom stereocenters. The zero-order valence-electron chi connectivity index (χ0n) is 22.3. The number of ether oxygens (including phenoxy) is 1. The number of nitrogens with zero attached hydrogens (tertiary/aromatic N) is 1. The van der Waals surface area contributed by atoms with Crippen LogP contribution in [0, 0.1) is 11.8 Å². The van der Waals surface area contributed by atoms with Crippen molar-refractivity contribution in [3.63, 3.8) is 0 Å². The van der Waals surface area contributed by atoms with Gasteiger partial charge >= 0.3 is 0 Å². The Hall–Kier alpha value is -3.10. The molecule has 2 N–H and O–H groups in total. The summed E-state index contributed by atoms with van der Waals surface area (Å²) >= 11 is 1.60. The number of carbonyl (C=O) groups is 3. The fraction of sp³-hybridized carbons (Fsp3) is 0.452. The van der Waals surface area contributed by atoms with Crippen molar-refractivity contribution in [3.05, 3.63) is 72.3 Å². The molecular formula is C31H35N3O4S. The van der Waals surface area contributed by atoms with Crippen molar-refractivity contribution in [2.45, 2.75) is 73.8 Å². The molecule has 7 nitrogen and oxygen atoms in total. The van der Waals surface area contributed by atoms with Gasteiger partial charge in [0.2, 0.25) is 17.7 Å². The van der Waals surface area contributed by atoms with Crippen molar-refractivity contribution < 1.29 is 19.1 Å². The number of rotatable bonds is 7. The minimum atomic E-state index is -1.17. The third-order valence-electron chi connectivity index (χ3n) is 8.85. The standard InChI is InChI=1S/C31H35N3O4S/c1-19(20-10-5-3-6-11-20)34-27(29(36)32-21-12-7-4-8-13-21)31-17-16-24(38-31)25(26(31)30(34)37)28(35)33-22-14-9-15-23(18-22)39-2/h3,5-6,9-11,14-19,21,24-27H,4,7-8,12-13H2,1-2H3,(H,32,36)(H,33,35)/t19?,24-,25?,26-,27?,31?/m1/s1. The quantitative estimate of drug-likeness (QED) is 0.389. The van der Waals surface area contributed by atoms with Crippen LogP contribution in [0.2, 0.25) is 0 Å². The lowest BCUT2D eigenvalue weighted by Crippen LogP contribution is -2.56. The molecule has 2 saturated heterocycles. The summed E-state index contributed by atoms with van der Waals surface area (Å²) < 4.78 is 6.51. The Kier molecular flexibility index (Phi) is 7.02. The number of likely N-dealkylation sites (tertiary alicyclic amines) is 1. The van der Waals surface area contributed by atoms with E-state index in [1.165, 1.54) is 6.42 Å². The van der Waals surface area contributed by atoms with Gasteiger partial charge in [-0.3, -0.25) is 14.4 Å². The third-order valence-corrected chi connectivity index (χ3v) is 9.58. The van der Waals surface area contributed by atoms with Crippen LogP contribution in [0.1, 0.15) is 50.6 Å². The summed E-state index contributed by atoms with van der Waals surface area (Å²) in [6.45, 7) is 1.95. The molecule has 0 radical (unpaired) electrons. The van der Waals surface area contributed by atoms with E-state index in [2.05, 4.69) is 10.6 Å². The number of thioether (sulfide) groups is 1. The Morgan fingerprint density at radius 1 is 1.05 bits per heavy atom. The van der Waals surface area contributed by atoms with E-state index in [1.807, 2.05) is 79.9 Å². The predicted octanol–water partition coefficient (Wildman–Crippen LogP) is 4.71. The molecule has 4 aliphatic rings. The summed E-state index contributed by atoms with van der Waals surface area (Å²) in [5, 5.41) is 6.28. The minimum Gasteiger partial charge on any atom is -0.359 e. The number of hydrogen-bond donors (Lipinski definition) is 2. The van der Waals surface area contributed by atoms with Gasteiger partial charge in [0.1, 0.15) is 11.6 Å². The van der Waals surface area contributed by atoms with Crippen molar-refractivity contribution in [2.24, 2.45) is 11.8 Å². The first-order valence-electron chi connectivity index (χ1n) is 13.9. The van der Waals surface area contributed by atoms with Crippen LogP contribution in [0.3, 0.4) is 0 Å². The average molecular weight is 546 g/mol. The topological polar surface area (TPSA) is 87.7 Å². The van der Waals surface area contributed by atoms with E-state index < -0.39 is 29.6 Å². The van der Waals surface area contributed by atoms with E-state index in [0.717, 1.165) is 36.1 Å². The molecule has 3 amide bonds. The SMILES string of the molecule is CSc1cccc(NC(=O)C2[C@H]3C=CC4(O3)C(C(=O)NC3CCCCC3)N(C(C)c3ccccc3)C(=O)[C@@H]24)c1. The van der Waals surface area contributed by atoms with Crippen molar-refractivity contribution in [1.82, 2.24) is 10.2 Å². The molecule has 3 fully saturated rings. The molecule has 1 aliphatic carbocycles. The molecule has 2 aromatic rings. The summed E-state index contributed by atoms with van der Waals surface area (Å²) in [7, 11) is 0. The first kappa shape index (κ1) is 26.1. The van der Waals surface area contributed by atoms with Crippen molar-refractivity contribution in [3.8, 4) is 0 Å². The summed E-state index contributed by atoms with van der Waals surface area (Å²) in [5.74, 6) is -2.16. The second kappa shape index (κ2) is 10.5. The molecule has 1 saturated carbocycles. The number of anilines is 1. The van der Waals surface area contributed by atoms with Crippen LogP contribution in [-0.2, 0) is 19.1 Å². The van der Waals surface area contributed by atoms with Crippen molar-refractivity contribution >= 4 is 35.2 Å². The maximum atomic E-state index is 14.3. The largest absolute Gasteiger partial charge is 0.359 e. The highest BCUT2D eigenvalue weighted by Crippen LogP contribution is 2.56. The molecule has 0 aromatic heterocycles. The molecule has 39 heavy (non-hydrogen) atoms. The lowest BCUT2D eigenvalue weighted by atomic mass is 9.74. The van der Waals surface area contributed by atoms with Gasteiger partial charge in [0, 0.05) is 16.6 Å². The van der Waals surface area contributed by atoms with Gasteiger partial charge in [0.25, 0.3) is 0 Å². The predicted molar refractivity (Wildman–Crippen MR) is 151 cm³/mol. The van der Waals surface area contributed by atoms with E-state index >= 15 is 0 Å². The van der Waals surface area contributed by atoms with Crippen LogP contribution in [0.15, 0.2) is 71.6 Å². The summed E-state index contributed by atoms with van der Waals surface area (Å²) in [5.41, 5.74) is 0.442. The second-order valence-corrected chi connectivity index (χ2v) is 12.0. The van der Waals surface area contributed by atoms with Gasteiger partial charge in [-0.25, -0.2) is 0 Å². The maximum Gasteiger partial charge on any atom is 0.246 e. The van der Waals surface area contributed by atoms with Crippen LogP contribution in [0.4, 0.5) is 5.69 Å². The van der Waals surface area contributed by atoms with Crippen molar-refractivity contribution in [2.75, 3.05) is 11.6 Å². The van der Waals surface area contributed by atoms with Gasteiger partial charge in [0.05, 0.1) is 24.0 Å². The number of benzene rings is 2. The van der Waals surface area contributed by atoms with E-state index in [-0.39, 0.29) is 29.8 Å². The summed E-state index contributed by atoms with van der Waals surface area (Å²) in [6, 6.07) is 16.3. The number of carbonyl (C=O) groups excluding carboxylic acids is 3. The fourth-order valence-electron chi connectivity index (χ4n) is 6.97. The molecular weight excluding hydrogens is 510 g/mol. The van der Waals surface area contributed by atoms with Gasteiger partial charge in [0.15, 0.2) is 0 Å².